The molecule has 5 rings (SSSR count). The lowest BCUT2D eigenvalue weighted by Gasteiger charge is -2.07. The van der Waals surface area contributed by atoms with Crippen LogP contribution in [0, 0.1) is 0 Å². The Balaban J connectivity index is 1.63. The third-order valence-electron chi connectivity index (χ3n) is 5.32. The van der Waals surface area contributed by atoms with Gasteiger partial charge in [-0.05, 0) is 59.0 Å². The maximum atomic E-state index is 6.16. The minimum Gasteiger partial charge on any atom is -0.456 e. The molecule has 0 aliphatic carbocycles. The average molecular weight is 363 g/mol. The van der Waals surface area contributed by atoms with Crippen LogP contribution in [0.15, 0.2) is 89.5 Å². The van der Waals surface area contributed by atoms with Crippen molar-refractivity contribution in [2.75, 3.05) is 0 Å². The number of fused-ring (bicyclic) bond motifs is 3. The van der Waals surface area contributed by atoms with Gasteiger partial charge in [0.05, 0.1) is 5.69 Å². The summed E-state index contributed by atoms with van der Waals surface area (Å²) in [6.07, 6.45) is 1.89. The SMILES string of the molecule is CC(C)c1ccnc(-c2ccc3c(c2)oc2ccc(-c4ccccc4)cc23)c1. The molecule has 0 radical (unpaired) electrons. The van der Waals surface area contributed by atoms with E-state index in [1.807, 2.05) is 12.3 Å². The molecule has 5 aromatic rings. The number of hydrogen-bond acceptors (Lipinski definition) is 2. The molecule has 0 unspecified atom stereocenters. The quantitative estimate of drug-likeness (QED) is 0.333. The Morgan fingerprint density at radius 1 is 0.679 bits per heavy atom. The van der Waals surface area contributed by atoms with E-state index in [1.54, 1.807) is 0 Å². The lowest BCUT2D eigenvalue weighted by atomic mass is 10.0. The van der Waals surface area contributed by atoms with Crippen LogP contribution in [0.25, 0.3) is 44.3 Å². The van der Waals surface area contributed by atoms with Crippen LogP contribution in [0.1, 0.15) is 25.3 Å². The number of nitrogens with zero attached hydrogens (tertiary/aromatic N) is 1. The van der Waals surface area contributed by atoms with Crippen LogP contribution in [-0.2, 0) is 0 Å². The van der Waals surface area contributed by atoms with Crippen molar-refractivity contribution in [3.05, 3.63) is 90.6 Å². The Labute approximate surface area is 164 Å². The van der Waals surface area contributed by atoms with Crippen LogP contribution in [0.3, 0.4) is 0 Å². The average Bonchev–Trinajstić information content (AvgIpc) is 3.11. The molecule has 0 aliphatic rings. The van der Waals surface area contributed by atoms with E-state index in [9.17, 15) is 0 Å². The third kappa shape index (κ3) is 2.87. The van der Waals surface area contributed by atoms with Gasteiger partial charge in [0.25, 0.3) is 0 Å². The molecule has 0 spiro atoms. The molecule has 0 fully saturated rings. The highest BCUT2D eigenvalue weighted by molar-refractivity contribution is 6.07. The molecular formula is C26H21NO. The fourth-order valence-corrected chi connectivity index (χ4v) is 3.71. The van der Waals surface area contributed by atoms with E-state index in [-0.39, 0.29) is 0 Å². The molecule has 2 aromatic heterocycles. The highest BCUT2D eigenvalue weighted by atomic mass is 16.3. The molecule has 2 heterocycles. The molecule has 0 bridgehead atoms. The summed E-state index contributed by atoms with van der Waals surface area (Å²) in [7, 11) is 0. The largest absolute Gasteiger partial charge is 0.456 e. The highest BCUT2D eigenvalue weighted by Crippen LogP contribution is 2.34. The van der Waals surface area contributed by atoms with Crippen molar-refractivity contribution in [2.45, 2.75) is 19.8 Å². The molecule has 0 saturated carbocycles. The molecule has 2 nitrogen and oxygen atoms in total. The second kappa shape index (κ2) is 6.65. The number of rotatable bonds is 3. The van der Waals surface area contributed by atoms with Gasteiger partial charge in [0.15, 0.2) is 0 Å². The smallest absolute Gasteiger partial charge is 0.136 e. The van der Waals surface area contributed by atoms with Crippen LogP contribution in [-0.4, -0.2) is 4.98 Å². The van der Waals surface area contributed by atoms with Crippen LogP contribution in [0.2, 0.25) is 0 Å². The van der Waals surface area contributed by atoms with Crippen LogP contribution in [0.4, 0.5) is 0 Å². The monoisotopic (exact) mass is 363 g/mol. The van der Waals surface area contributed by atoms with Gasteiger partial charge in [-0.1, -0.05) is 56.3 Å². The van der Waals surface area contributed by atoms with E-state index in [1.165, 1.54) is 16.7 Å². The van der Waals surface area contributed by atoms with Gasteiger partial charge >= 0.3 is 0 Å². The minimum absolute atomic E-state index is 0.480. The molecule has 0 saturated heterocycles. The summed E-state index contributed by atoms with van der Waals surface area (Å²) in [5.41, 5.74) is 7.58. The number of furan rings is 1. The van der Waals surface area contributed by atoms with Crippen LogP contribution in [0.5, 0.6) is 0 Å². The van der Waals surface area contributed by atoms with Crippen molar-refractivity contribution in [1.82, 2.24) is 4.98 Å². The summed E-state index contributed by atoms with van der Waals surface area (Å²) in [6, 6.07) is 27.5. The van der Waals surface area contributed by atoms with Crippen LogP contribution < -0.4 is 0 Å². The second-order valence-electron chi connectivity index (χ2n) is 7.52. The van der Waals surface area contributed by atoms with E-state index in [0.717, 1.165) is 33.2 Å². The molecule has 0 N–H and O–H groups in total. The van der Waals surface area contributed by atoms with Gasteiger partial charge in [0.2, 0.25) is 0 Å². The van der Waals surface area contributed by atoms with Gasteiger partial charge in [0, 0.05) is 22.5 Å². The number of aromatic nitrogens is 1. The first kappa shape index (κ1) is 16.8. The zero-order valence-corrected chi connectivity index (χ0v) is 16.0. The second-order valence-corrected chi connectivity index (χ2v) is 7.52. The van der Waals surface area contributed by atoms with E-state index >= 15 is 0 Å². The first-order valence-electron chi connectivity index (χ1n) is 9.67. The predicted octanol–water partition coefficient (Wildman–Crippen LogP) is 7.44. The molecule has 0 atom stereocenters. The molecule has 28 heavy (non-hydrogen) atoms. The number of pyridine rings is 1. The topological polar surface area (TPSA) is 26.0 Å². The van der Waals surface area contributed by atoms with Gasteiger partial charge in [-0.3, -0.25) is 4.98 Å². The molecule has 3 aromatic carbocycles. The van der Waals surface area contributed by atoms with Gasteiger partial charge in [-0.15, -0.1) is 0 Å². The van der Waals surface area contributed by atoms with Crippen molar-refractivity contribution in [1.29, 1.82) is 0 Å². The summed E-state index contributed by atoms with van der Waals surface area (Å²) in [5.74, 6) is 0.480. The van der Waals surface area contributed by atoms with Crippen molar-refractivity contribution in [2.24, 2.45) is 0 Å². The van der Waals surface area contributed by atoms with Gasteiger partial charge < -0.3 is 4.42 Å². The Hall–Kier alpha value is -3.39. The van der Waals surface area contributed by atoms with Gasteiger partial charge in [0.1, 0.15) is 11.2 Å². The Morgan fingerprint density at radius 2 is 1.50 bits per heavy atom. The lowest BCUT2D eigenvalue weighted by Crippen LogP contribution is -1.90. The number of benzene rings is 3. The maximum absolute atomic E-state index is 6.16. The number of hydrogen-bond donors (Lipinski definition) is 0. The zero-order valence-electron chi connectivity index (χ0n) is 16.0. The molecular weight excluding hydrogens is 342 g/mol. The van der Waals surface area contributed by atoms with Crippen molar-refractivity contribution in [3.63, 3.8) is 0 Å². The molecule has 2 heteroatoms. The first-order valence-corrected chi connectivity index (χ1v) is 9.67. The maximum Gasteiger partial charge on any atom is 0.136 e. The first-order chi connectivity index (χ1) is 13.7. The van der Waals surface area contributed by atoms with E-state index < -0.39 is 0 Å². The summed E-state index contributed by atoms with van der Waals surface area (Å²) >= 11 is 0. The van der Waals surface area contributed by atoms with E-state index in [0.29, 0.717) is 5.92 Å². The fourth-order valence-electron chi connectivity index (χ4n) is 3.71. The predicted molar refractivity (Wildman–Crippen MR) is 116 cm³/mol. The molecule has 136 valence electrons. The fraction of sp³-hybridized carbons (Fsp3) is 0.115. The summed E-state index contributed by atoms with van der Waals surface area (Å²) < 4.78 is 6.16. The van der Waals surface area contributed by atoms with E-state index in [2.05, 4.69) is 91.6 Å². The zero-order chi connectivity index (χ0) is 19.1. The Bertz CT molecular complexity index is 1280. The van der Waals surface area contributed by atoms with Crippen molar-refractivity contribution >= 4 is 21.9 Å². The Morgan fingerprint density at radius 3 is 2.32 bits per heavy atom. The minimum atomic E-state index is 0.480. The van der Waals surface area contributed by atoms with Crippen LogP contribution >= 0.6 is 0 Å². The highest BCUT2D eigenvalue weighted by Gasteiger charge is 2.11. The van der Waals surface area contributed by atoms with Gasteiger partial charge in [-0.25, -0.2) is 0 Å². The summed E-state index contributed by atoms with van der Waals surface area (Å²) in [4.78, 5) is 4.56. The van der Waals surface area contributed by atoms with E-state index in [4.69, 9.17) is 4.42 Å². The summed E-state index contributed by atoms with van der Waals surface area (Å²) in [5, 5.41) is 2.28. The standard InChI is InChI=1S/C26H21NO/c1-17(2)19-12-13-27-24(15-19)21-8-10-22-23-14-20(18-6-4-3-5-7-18)9-11-25(23)28-26(22)16-21/h3-17H,1-2H3. The lowest BCUT2D eigenvalue weighted by molar-refractivity contribution is 0.669. The van der Waals surface area contributed by atoms with Crippen molar-refractivity contribution < 1.29 is 4.42 Å². The van der Waals surface area contributed by atoms with Crippen molar-refractivity contribution in [3.8, 4) is 22.4 Å². The Kier molecular flexibility index (Phi) is 3.98. The molecule has 0 amide bonds. The summed E-state index contributed by atoms with van der Waals surface area (Å²) in [6.45, 7) is 4.40. The third-order valence-corrected chi connectivity index (χ3v) is 5.32. The van der Waals surface area contributed by atoms with Gasteiger partial charge in [-0.2, -0.15) is 0 Å². The molecule has 0 aliphatic heterocycles. The normalized spacial score (nSPS) is 11.5.